The van der Waals surface area contributed by atoms with Crippen LogP contribution in [0.2, 0.25) is 5.15 Å². The minimum absolute atomic E-state index is 0.0719. The lowest BCUT2D eigenvalue weighted by Gasteiger charge is -2.00. The summed E-state index contributed by atoms with van der Waals surface area (Å²) in [6.07, 6.45) is 3.95. The number of hydrogen-bond donors (Lipinski definition) is 1. The third-order valence-corrected chi connectivity index (χ3v) is 3.33. The zero-order chi connectivity index (χ0) is 11.8. The first-order valence-electron chi connectivity index (χ1n) is 5.61. The average Bonchev–Trinajstić information content (AvgIpc) is 3.15. The van der Waals surface area contributed by atoms with Crippen LogP contribution in [0.5, 0.6) is 0 Å². The molecule has 0 saturated heterocycles. The van der Waals surface area contributed by atoms with Gasteiger partial charge in [0.25, 0.3) is 0 Å². The van der Waals surface area contributed by atoms with E-state index in [1.807, 2.05) is 18.2 Å². The maximum atomic E-state index is 9.38. The van der Waals surface area contributed by atoms with Gasteiger partial charge in [-0.2, -0.15) is 5.10 Å². The van der Waals surface area contributed by atoms with Gasteiger partial charge in [-0.3, -0.25) is 0 Å². The largest absolute Gasteiger partial charge is 0.391 e. The second-order valence-corrected chi connectivity index (χ2v) is 4.54. The Kier molecular flexibility index (Phi) is 2.61. The van der Waals surface area contributed by atoms with E-state index in [0.717, 1.165) is 24.1 Å². The van der Waals surface area contributed by atoms with Gasteiger partial charge >= 0.3 is 0 Å². The molecule has 17 heavy (non-hydrogen) atoms. The fourth-order valence-corrected chi connectivity index (χ4v) is 2.19. The van der Waals surface area contributed by atoms with E-state index in [-0.39, 0.29) is 6.61 Å². The third kappa shape index (κ3) is 1.83. The van der Waals surface area contributed by atoms with Crippen LogP contribution in [0.3, 0.4) is 0 Å². The van der Waals surface area contributed by atoms with Gasteiger partial charge in [0.1, 0.15) is 5.15 Å². The van der Waals surface area contributed by atoms with Crippen LogP contribution in [0.1, 0.15) is 30.0 Å². The fraction of sp³-hybridized carbons (Fsp3) is 0.333. The third-order valence-electron chi connectivity index (χ3n) is 2.94. The van der Waals surface area contributed by atoms with E-state index in [2.05, 4.69) is 10.1 Å². The van der Waals surface area contributed by atoms with Crippen LogP contribution in [0.4, 0.5) is 0 Å². The molecule has 1 saturated carbocycles. The zero-order valence-corrected chi connectivity index (χ0v) is 9.93. The molecule has 0 atom stereocenters. The Morgan fingerprint density at radius 3 is 2.82 bits per heavy atom. The standard InChI is InChI=1S/C12H12ClN3O/c13-12-9(7-17)11(8-4-5-8)15-16(12)10-3-1-2-6-14-10/h1-3,6,8,17H,4-5,7H2. The molecule has 3 rings (SSSR count). The molecular formula is C12H12ClN3O. The lowest BCUT2D eigenvalue weighted by molar-refractivity contribution is 0.280. The highest BCUT2D eigenvalue weighted by Crippen LogP contribution is 2.42. The quantitative estimate of drug-likeness (QED) is 0.908. The van der Waals surface area contributed by atoms with Gasteiger partial charge in [-0.25, -0.2) is 9.67 Å². The van der Waals surface area contributed by atoms with E-state index in [9.17, 15) is 5.11 Å². The summed E-state index contributed by atoms with van der Waals surface area (Å²) in [5.41, 5.74) is 1.66. The van der Waals surface area contributed by atoms with Crippen molar-refractivity contribution in [3.63, 3.8) is 0 Å². The van der Waals surface area contributed by atoms with E-state index in [1.165, 1.54) is 0 Å². The first kappa shape index (κ1) is 10.7. The molecular weight excluding hydrogens is 238 g/mol. The molecule has 88 valence electrons. The SMILES string of the molecule is OCc1c(C2CC2)nn(-c2ccccn2)c1Cl. The summed E-state index contributed by atoms with van der Waals surface area (Å²) < 4.78 is 1.60. The summed E-state index contributed by atoms with van der Waals surface area (Å²) in [5.74, 6) is 1.14. The minimum Gasteiger partial charge on any atom is -0.391 e. The Hall–Kier alpha value is -1.39. The number of pyridine rings is 1. The summed E-state index contributed by atoms with van der Waals surface area (Å²) in [5, 5.41) is 14.3. The van der Waals surface area contributed by atoms with E-state index >= 15 is 0 Å². The topological polar surface area (TPSA) is 50.9 Å². The molecule has 0 amide bonds. The van der Waals surface area contributed by atoms with Gasteiger partial charge < -0.3 is 5.11 Å². The summed E-state index contributed by atoms with van der Waals surface area (Å²) in [6.45, 7) is -0.0719. The number of aromatic nitrogens is 3. The van der Waals surface area contributed by atoms with Gasteiger partial charge in [0.2, 0.25) is 0 Å². The lowest BCUT2D eigenvalue weighted by atomic mass is 10.2. The van der Waals surface area contributed by atoms with Gasteiger partial charge in [-0.15, -0.1) is 0 Å². The highest BCUT2D eigenvalue weighted by atomic mass is 35.5. The van der Waals surface area contributed by atoms with E-state index in [4.69, 9.17) is 11.6 Å². The second-order valence-electron chi connectivity index (χ2n) is 4.19. The molecule has 2 heterocycles. The summed E-state index contributed by atoms with van der Waals surface area (Å²) in [4.78, 5) is 4.21. The van der Waals surface area contributed by atoms with Crippen LogP contribution in [0.15, 0.2) is 24.4 Å². The number of hydrogen-bond acceptors (Lipinski definition) is 3. The minimum atomic E-state index is -0.0719. The lowest BCUT2D eigenvalue weighted by Crippen LogP contribution is -1.99. The van der Waals surface area contributed by atoms with Crippen molar-refractivity contribution in [3.8, 4) is 5.82 Å². The molecule has 0 bridgehead atoms. The maximum absolute atomic E-state index is 9.38. The molecule has 2 aromatic rings. The Morgan fingerprint density at radius 2 is 2.24 bits per heavy atom. The van der Waals surface area contributed by atoms with Crippen LogP contribution >= 0.6 is 11.6 Å². The number of nitrogens with zero attached hydrogens (tertiary/aromatic N) is 3. The Balaban J connectivity index is 2.11. The number of aliphatic hydroxyl groups excluding tert-OH is 1. The molecule has 0 spiro atoms. The van der Waals surface area contributed by atoms with Crippen molar-refractivity contribution in [3.05, 3.63) is 40.8 Å². The zero-order valence-electron chi connectivity index (χ0n) is 9.17. The summed E-state index contributed by atoms with van der Waals surface area (Å²) >= 11 is 6.24. The Labute approximate surface area is 104 Å². The first-order valence-corrected chi connectivity index (χ1v) is 5.98. The van der Waals surface area contributed by atoms with Gasteiger partial charge in [-0.1, -0.05) is 17.7 Å². The molecule has 0 radical (unpaired) electrons. The molecule has 1 N–H and O–H groups in total. The van der Waals surface area contributed by atoms with Crippen molar-refractivity contribution in [2.45, 2.75) is 25.4 Å². The second kappa shape index (κ2) is 4.13. The Morgan fingerprint density at radius 1 is 1.41 bits per heavy atom. The summed E-state index contributed by atoms with van der Waals surface area (Å²) in [6, 6.07) is 5.57. The smallest absolute Gasteiger partial charge is 0.155 e. The molecule has 0 aromatic carbocycles. The van der Waals surface area contributed by atoms with Crippen molar-refractivity contribution in [1.29, 1.82) is 0 Å². The number of halogens is 1. The predicted molar refractivity (Wildman–Crippen MR) is 64.3 cm³/mol. The van der Waals surface area contributed by atoms with Gasteiger partial charge in [0, 0.05) is 17.7 Å². The van der Waals surface area contributed by atoms with E-state index in [1.54, 1.807) is 10.9 Å². The first-order chi connectivity index (χ1) is 8.31. The molecule has 1 aliphatic carbocycles. The average molecular weight is 250 g/mol. The van der Waals surface area contributed by atoms with Crippen molar-refractivity contribution < 1.29 is 5.11 Å². The number of rotatable bonds is 3. The molecule has 2 aromatic heterocycles. The van der Waals surface area contributed by atoms with Crippen molar-refractivity contribution >= 4 is 11.6 Å². The predicted octanol–water partition coefficient (Wildman–Crippen LogP) is 2.29. The normalized spacial score (nSPS) is 15.2. The van der Waals surface area contributed by atoms with Crippen molar-refractivity contribution in [2.75, 3.05) is 0 Å². The monoisotopic (exact) mass is 249 g/mol. The van der Waals surface area contributed by atoms with Gasteiger partial charge in [0.05, 0.1) is 12.3 Å². The van der Waals surface area contributed by atoms with Crippen molar-refractivity contribution in [1.82, 2.24) is 14.8 Å². The van der Waals surface area contributed by atoms with Crippen molar-refractivity contribution in [2.24, 2.45) is 0 Å². The number of aliphatic hydroxyl groups is 1. The van der Waals surface area contributed by atoms with Gasteiger partial charge in [-0.05, 0) is 25.0 Å². The molecule has 1 fully saturated rings. The maximum Gasteiger partial charge on any atom is 0.155 e. The molecule has 0 unspecified atom stereocenters. The molecule has 1 aliphatic rings. The van der Waals surface area contributed by atoms with E-state index < -0.39 is 0 Å². The van der Waals surface area contributed by atoms with Crippen LogP contribution < -0.4 is 0 Å². The molecule has 0 aliphatic heterocycles. The summed E-state index contributed by atoms with van der Waals surface area (Å²) in [7, 11) is 0. The highest BCUT2D eigenvalue weighted by molar-refractivity contribution is 6.30. The van der Waals surface area contributed by atoms with E-state index in [0.29, 0.717) is 16.9 Å². The Bertz CT molecular complexity index is 534. The molecule has 4 nitrogen and oxygen atoms in total. The van der Waals surface area contributed by atoms with Crippen LogP contribution in [0, 0.1) is 0 Å². The molecule has 5 heteroatoms. The van der Waals surface area contributed by atoms with Gasteiger partial charge in [0.15, 0.2) is 5.82 Å². The van der Waals surface area contributed by atoms with Crippen LogP contribution in [0.25, 0.3) is 5.82 Å². The fourth-order valence-electron chi connectivity index (χ4n) is 1.91. The van der Waals surface area contributed by atoms with Crippen LogP contribution in [-0.2, 0) is 6.61 Å². The van der Waals surface area contributed by atoms with Crippen LogP contribution in [-0.4, -0.2) is 19.9 Å². The highest BCUT2D eigenvalue weighted by Gasteiger charge is 2.31.